The molecule has 2 rings (SSSR count). The maximum atomic E-state index is 13.0. The Balaban J connectivity index is 2.42. The molecule has 1 aliphatic rings. The molecule has 1 atom stereocenters. The molecule has 1 aromatic carbocycles. The van der Waals surface area contributed by atoms with Crippen molar-refractivity contribution in [3.63, 3.8) is 0 Å². The fourth-order valence-corrected chi connectivity index (χ4v) is 4.34. The van der Waals surface area contributed by atoms with Crippen molar-refractivity contribution in [3.05, 3.63) is 42.0 Å². The summed E-state index contributed by atoms with van der Waals surface area (Å²) in [5, 5.41) is 12.3. The summed E-state index contributed by atoms with van der Waals surface area (Å²) in [5.41, 5.74) is 2.30. The summed E-state index contributed by atoms with van der Waals surface area (Å²) >= 11 is 0. The molecular weight excluding hydrogens is 424 g/mol. The second-order valence-corrected chi connectivity index (χ2v) is 9.42. The van der Waals surface area contributed by atoms with Crippen LogP contribution in [-0.4, -0.2) is 59.2 Å². The summed E-state index contributed by atoms with van der Waals surface area (Å²) < 4.78 is 25.6. The second-order valence-electron chi connectivity index (χ2n) is 7.50. The van der Waals surface area contributed by atoms with Crippen molar-refractivity contribution in [1.82, 2.24) is 20.2 Å². The van der Waals surface area contributed by atoms with E-state index in [4.69, 9.17) is 0 Å². The van der Waals surface area contributed by atoms with E-state index in [1.807, 2.05) is 44.2 Å². The summed E-state index contributed by atoms with van der Waals surface area (Å²) in [6.45, 7) is 3.68. The number of hydrazine groups is 1. The molecule has 4 amide bonds. The molecule has 0 bridgehead atoms. The fourth-order valence-electron chi connectivity index (χ4n) is 3.02. The number of carbonyl (C=O) groups excluding carboxylic acids is 3. The van der Waals surface area contributed by atoms with Crippen LogP contribution >= 0.6 is 0 Å². The molecule has 0 unspecified atom stereocenters. The van der Waals surface area contributed by atoms with Crippen molar-refractivity contribution < 1.29 is 28.0 Å². The van der Waals surface area contributed by atoms with Crippen LogP contribution in [0.3, 0.4) is 0 Å². The van der Waals surface area contributed by atoms with Gasteiger partial charge in [-0.25, -0.2) is 23.7 Å². The van der Waals surface area contributed by atoms with Crippen molar-refractivity contribution in [2.45, 2.75) is 39.2 Å². The smallest absolute Gasteiger partial charge is 0.335 e. The quantitative estimate of drug-likeness (QED) is 0.384. The standard InChI is InChI=1S/C20H28N4O6S/c1-15(2)11-12-18(25)23(24-20(27)21-13-14-31(24,29)30)17(19(26)22-28)10-6-9-16-7-4-3-5-8-16/h3-9,15,17,28H,10-14H2,1-2H3,(H,21,27)(H,22,26)/t17-/m0/s1. The summed E-state index contributed by atoms with van der Waals surface area (Å²) in [6, 6.07) is 6.66. The highest BCUT2D eigenvalue weighted by Crippen LogP contribution is 2.21. The van der Waals surface area contributed by atoms with Crippen LogP contribution in [0.2, 0.25) is 0 Å². The second kappa shape index (κ2) is 10.9. The van der Waals surface area contributed by atoms with Gasteiger partial charge in [0.05, 0.1) is 5.75 Å². The molecule has 0 aromatic heterocycles. The van der Waals surface area contributed by atoms with Crippen LogP contribution in [0.1, 0.15) is 38.7 Å². The van der Waals surface area contributed by atoms with E-state index >= 15 is 0 Å². The summed E-state index contributed by atoms with van der Waals surface area (Å²) in [4.78, 5) is 37.9. The summed E-state index contributed by atoms with van der Waals surface area (Å²) in [5.74, 6) is -2.00. The van der Waals surface area contributed by atoms with Crippen LogP contribution in [0.25, 0.3) is 6.08 Å². The number of hydrogen-bond donors (Lipinski definition) is 3. The number of urea groups is 1. The third-order valence-electron chi connectivity index (χ3n) is 4.64. The zero-order valence-electron chi connectivity index (χ0n) is 17.5. The van der Waals surface area contributed by atoms with E-state index in [1.165, 1.54) is 5.48 Å². The highest BCUT2D eigenvalue weighted by molar-refractivity contribution is 7.89. The third-order valence-corrected chi connectivity index (χ3v) is 6.23. The summed E-state index contributed by atoms with van der Waals surface area (Å²) in [7, 11) is -4.18. The van der Waals surface area contributed by atoms with E-state index in [-0.39, 0.29) is 25.3 Å². The number of hydrogen-bond acceptors (Lipinski definition) is 6. The molecule has 0 saturated carbocycles. The molecule has 3 N–H and O–H groups in total. The molecule has 10 nitrogen and oxygen atoms in total. The van der Waals surface area contributed by atoms with Gasteiger partial charge in [-0.3, -0.25) is 14.8 Å². The molecule has 11 heteroatoms. The predicted molar refractivity (Wildman–Crippen MR) is 114 cm³/mol. The van der Waals surface area contributed by atoms with Gasteiger partial charge in [0.1, 0.15) is 6.04 Å². The SMILES string of the molecule is CC(C)CCC(=O)N([C@@H](CC=Cc1ccccc1)C(=O)NO)N1C(=O)NCCS1(=O)=O. The van der Waals surface area contributed by atoms with E-state index in [0.29, 0.717) is 15.8 Å². The van der Waals surface area contributed by atoms with Crippen LogP contribution in [0.15, 0.2) is 36.4 Å². The molecule has 1 saturated heterocycles. The van der Waals surface area contributed by atoms with Gasteiger partial charge in [0.2, 0.25) is 5.91 Å². The Labute approximate surface area is 181 Å². The van der Waals surface area contributed by atoms with Gasteiger partial charge >= 0.3 is 6.03 Å². The average molecular weight is 453 g/mol. The van der Waals surface area contributed by atoms with Gasteiger partial charge < -0.3 is 5.32 Å². The minimum absolute atomic E-state index is 0.0748. The number of amides is 4. The third kappa shape index (κ3) is 6.53. The van der Waals surface area contributed by atoms with Gasteiger partial charge in [-0.2, -0.15) is 0 Å². The van der Waals surface area contributed by atoms with E-state index < -0.39 is 39.7 Å². The fraction of sp³-hybridized carbons (Fsp3) is 0.450. The van der Waals surface area contributed by atoms with E-state index in [0.717, 1.165) is 5.56 Å². The molecule has 1 fully saturated rings. The van der Waals surface area contributed by atoms with Crippen LogP contribution in [0.5, 0.6) is 0 Å². The lowest BCUT2D eigenvalue weighted by Crippen LogP contribution is -2.65. The Kier molecular flexibility index (Phi) is 8.57. The number of benzene rings is 1. The maximum absolute atomic E-state index is 13.0. The Bertz CT molecular complexity index is 917. The normalized spacial score (nSPS) is 16.8. The number of nitrogens with zero attached hydrogens (tertiary/aromatic N) is 2. The topological polar surface area (TPSA) is 136 Å². The number of sulfonamides is 1. The van der Waals surface area contributed by atoms with Crippen LogP contribution in [0.4, 0.5) is 4.79 Å². The first-order valence-electron chi connectivity index (χ1n) is 9.95. The van der Waals surface area contributed by atoms with Gasteiger partial charge in [0, 0.05) is 13.0 Å². The monoisotopic (exact) mass is 452 g/mol. The minimum Gasteiger partial charge on any atom is -0.335 e. The summed E-state index contributed by atoms with van der Waals surface area (Å²) in [6.07, 6.45) is 3.49. The zero-order chi connectivity index (χ0) is 23.0. The van der Waals surface area contributed by atoms with Crippen molar-refractivity contribution in [2.24, 2.45) is 5.92 Å². The van der Waals surface area contributed by atoms with Gasteiger partial charge in [0.15, 0.2) is 0 Å². The van der Waals surface area contributed by atoms with Crippen molar-refractivity contribution >= 4 is 33.9 Å². The molecule has 0 aliphatic carbocycles. The number of rotatable bonds is 9. The first-order chi connectivity index (χ1) is 14.7. The highest BCUT2D eigenvalue weighted by atomic mass is 32.2. The Hall–Kier alpha value is -2.92. The molecule has 1 aromatic rings. The number of nitrogens with one attached hydrogen (secondary N) is 2. The van der Waals surface area contributed by atoms with E-state index in [2.05, 4.69) is 5.32 Å². The van der Waals surface area contributed by atoms with Gasteiger partial charge in [-0.1, -0.05) is 56.3 Å². The Morgan fingerprint density at radius 3 is 2.55 bits per heavy atom. The predicted octanol–water partition coefficient (Wildman–Crippen LogP) is 1.50. The van der Waals surface area contributed by atoms with Crippen LogP contribution in [0, 0.1) is 5.92 Å². The Morgan fingerprint density at radius 1 is 1.29 bits per heavy atom. The maximum Gasteiger partial charge on any atom is 0.350 e. The lowest BCUT2D eigenvalue weighted by Gasteiger charge is -2.39. The average Bonchev–Trinajstić information content (AvgIpc) is 2.72. The van der Waals surface area contributed by atoms with Gasteiger partial charge in [0.25, 0.3) is 15.9 Å². The van der Waals surface area contributed by atoms with Gasteiger partial charge in [-0.15, -0.1) is 4.41 Å². The van der Waals surface area contributed by atoms with E-state index in [1.54, 1.807) is 12.2 Å². The molecule has 31 heavy (non-hydrogen) atoms. The molecule has 0 spiro atoms. The molecule has 1 aliphatic heterocycles. The van der Waals surface area contributed by atoms with Crippen LogP contribution < -0.4 is 10.8 Å². The van der Waals surface area contributed by atoms with Gasteiger partial charge in [-0.05, 0) is 24.3 Å². The molecular formula is C20H28N4O6S. The lowest BCUT2D eigenvalue weighted by molar-refractivity contribution is -0.153. The minimum atomic E-state index is -4.18. The molecule has 170 valence electrons. The largest absolute Gasteiger partial charge is 0.350 e. The first-order valence-corrected chi connectivity index (χ1v) is 11.6. The van der Waals surface area contributed by atoms with Crippen molar-refractivity contribution in [2.75, 3.05) is 12.3 Å². The number of carbonyl (C=O) groups is 3. The van der Waals surface area contributed by atoms with Crippen molar-refractivity contribution in [1.29, 1.82) is 0 Å². The molecule has 0 radical (unpaired) electrons. The highest BCUT2D eigenvalue weighted by Gasteiger charge is 2.44. The zero-order valence-corrected chi connectivity index (χ0v) is 18.3. The van der Waals surface area contributed by atoms with E-state index in [9.17, 15) is 28.0 Å². The Morgan fingerprint density at radius 2 is 1.97 bits per heavy atom. The first kappa shape index (κ1) is 24.4. The number of hydroxylamine groups is 1. The lowest BCUT2D eigenvalue weighted by atomic mass is 10.1. The van der Waals surface area contributed by atoms with Crippen molar-refractivity contribution in [3.8, 4) is 0 Å². The molecule has 1 heterocycles. The van der Waals surface area contributed by atoms with Crippen LogP contribution in [-0.2, 0) is 19.6 Å².